The molecule has 0 bridgehead atoms. The molecule has 1 aromatic rings. The molecule has 2 heterocycles. The van der Waals surface area contributed by atoms with Gasteiger partial charge >= 0.3 is 0 Å². The summed E-state index contributed by atoms with van der Waals surface area (Å²) in [5.74, 6) is 0.0955. The second-order valence-electron chi connectivity index (χ2n) is 3.72. The van der Waals surface area contributed by atoms with Gasteiger partial charge in [0.15, 0.2) is 0 Å². The number of carbonyl (C=O) groups excluding carboxylic acids is 1. The highest BCUT2D eigenvalue weighted by atomic mass is 32.1. The van der Waals surface area contributed by atoms with Crippen LogP contribution in [0.2, 0.25) is 0 Å². The maximum absolute atomic E-state index is 11.6. The lowest BCUT2D eigenvalue weighted by atomic mass is 10.2. The van der Waals surface area contributed by atoms with E-state index < -0.39 is 0 Å². The summed E-state index contributed by atoms with van der Waals surface area (Å²) in [7, 11) is 0. The maximum Gasteiger partial charge on any atom is 0.237 e. The third-order valence-electron chi connectivity index (χ3n) is 2.49. The lowest BCUT2D eigenvalue weighted by Crippen LogP contribution is -2.40. The summed E-state index contributed by atoms with van der Waals surface area (Å²) in [5, 5.41) is 9.09. The van der Waals surface area contributed by atoms with Crippen LogP contribution in [-0.4, -0.2) is 23.5 Å². The number of hydrogen-bond acceptors (Lipinski definition) is 4. The number of nitrogens with one attached hydrogen (secondary N) is 2. The van der Waals surface area contributed by atoms with Crippen molar-refractivity contribution in [3.8, 4) is 0 Å². The molecule has 0 spiro atoms. The summed E-state index contributed by atoms with van der Waals surface area (Å²) in [6, 6.07) is 0.00438. The molecule has 82 valence electrons. The van der Waals surface area contributed by atoms with E-state index in [1.165, 1.54) is 0 Å². The molecule has 4 nitrogen and oxygen atoms in total. The van der Waals surface area contributed by atoms with Crippen molar-refractivity contribution in [1.82, 2.24) is 15.6 Å². The normalized spacial score (nSPS) is 20.5. The molecule has 1 aliphatic rings. The Kier molecular flexibility index (Phi) is 3.33. The smallest absolute Gasteiger partial charge is 0.237 e. The van der Waals surface area contributed by atoms with E-state index in [1.54, 1.807) is 11.3 Å². The Morgan fingerprint density at radius 3 is 3.27 bits per heavy atom. The first-order valence-electron chi connectivity index (χ1n) is 5.18. The van der Waals surface area contributed by atoms with Gasteiger partial charge < -0.3 is 10.6 Å². The number of rotatable bonds is 3. The fourth-order valence-corrected chi connectivity index (χ4v) is 2.31. The van der Waals surface area contributed by atoms with Crippen LogP contribution in [0.5, 0.6) is 0 Å². The van der Waals surface area contributed by atoms with E-state index >= 15 is 0 Å². The molecule has 15 heavy (non-hydrogen) atoms. The SMILES string of the molecule is Cc1nc(CNC(=O)C2CCCN2)cs1. The van der Waals surface area contributed by atoms with E-state index in [9.17, 15) is 4.79 Å². The highest BCUT2D eigenvalue weighted by Crippen LogP contribution is 2.08. The topological polar surface area (TPSA) is 54.0 Å². The number of hydrogen-bond donors (Lipinski definition) is 2. The fraction of sp³-hybridized carbons (Fsp3) is 0.600. The Bertz CT molecular complexity index is 344. The van der Waals surface area contributed by atoms with E-state index in [1.807, 2.05) is 12.3 Å². The number of carbonyl (C=O) groups is 1. The Balaban J connectivity index is 1.80. The summed E-state index contributed by atoms with van der Waals surface area (Å²) in [4.78, 5) is 15.9. The van der Waals surface area contributed by atoms with Crippen molar-refractivity contribution >= 4 is 17.2 Å². The minimum Gasteiger partial charge on any atom is -0.349 e. The molecule has 2 rings (SSSR count). The largest absolute Gasteiger partial charge is 0.349 e. The second kappa shape index (κ2) is 4.72. The van der Waals surface area contributed by atoms with Gasteiger partial charge in [0.1, 0.15) is 0 Å². The van der Waals surface area contributed by atoms with Crippen LogP contribution in [0, 0.1) is 6.92 Å². The number of amides is 1. The zero-order chi connectivity index (χ0) is 10.7. The first-order valence-corrected chi connectivity index (χ1v) is 6.06. The molecule has 1 unspecified atom stereocenters. The van der Waals surface area contributed by atoms with Crippen molar-refractivity contribution in [2.24, 2.45) is 0 Å². The minimum atomic E-state index is 0.00438. The van der Waals surface area contributed by atoms with Crippen molar-refractivity contribution < 1.29 is 4.79 Å². The Hall–Kier alpha value is -0.940. The van der Waals surface area contributed by atoms with Gasteiger partial charge in [0.2, 0.25) is 5.91 Å². The Morgan fingerprint density at radius 1 is 1.80 bits per heavy atom. The summed E-state index contributed by atoms with van der Waals surface area (Å²) >= 11 is 1.61. The molecule has 1 aliphatic heterocycles. The van der Waals surface area contributed by atoms with Crippen molar-refractivity contribution in [3.63, 3.8) is 0 Å². The zero-order valence-corrected chi connectivity index (χ0v) is 9.56. The second-order valence-corrected chi connectivity index (χ2v) is 4.79. The Labute approximate surface area is 93.1 Å². The minimum absolute atomic E-state index is 0.00438. The van der Waals surface area contributed by atoms with E-state index in [4.69, 9.17) is 0 Å². The van der Waals surface area contributed by atoms with E-state index in [2.05, 4.69) is 15.6 Å². The molecular formula is C10H15N3OS. The monoisotopic (exact) mass is 225 g/mol. The molecular weight excluding hydrogens is 210 g/mol. The third kappa shape index (κ3) is 2.76. The molecule has 1 aromatic heterocycles. The zero-order valence-electron chi connectivity index (χ0n) is 8.75. The van der Waals surface area contributed by atoms with Crippen molar-refractivity contribution in [3.05, 3.63) is 16.1 Å². The van der Waals surface area contributed by atoms with Crippen molar-refractivity contribution in [2.75, 3.05) is 6.54 Å². The predicted octanol–water partition coefficient (Wildman–Crippen LogP) is 0.820. The van der Waals surface area contributed by atoms with Gasteiger partial charge in [0.05, 0.1) is 23.3 Å². The highest BCUT2D eigenvalue weighted by Gasteiger charge is 2.21. The lowest BCUT2D eigenvalue weighted by Gasteiger charge is -2.09. The molecule has 5 heteroatoms. The molecule has 0 aromatic carbocycles. The van der Waals surface area contributed by atoms with Gasteiger partial charge in [0.25, 0.3) is 0 Å². The van der Waals surface area contributed by atoms with E-state index in [-0.39, 0.29) is 11.9 Å². The van der Waals surface area contributed by atoms with Crippen LogP contribution >= 0.6 is 11.3 Å². The van der Waals surface area contributed by atoms with Gasteiger partial charge in [-0.15, -0.1) is 11.3 Å². The average molecular weight is 225 g/mol. The van der Waals surface area contributed by atoms with Crippen molar-refractivity contribution in [1.29, 1.82) is 0 Å². The fourth-order valence-electron chi connectivity index (χ4n) is 1.70. The molecule has 2 N–H and O–H groups in total. The Morgan fingerprint density at radius 2 is 2.67 bits per heavy atom. The number of thiazole rings is 1. The summed E-state index contributed by atoms with van der Waals surface area (Å²) in [5.41, 5.74) is 0.948. The molecule has 1 fully saturated rings. The van der Waals surface area contributed by atoms with Crippen LogP contribution in [-0.2, 0) is 11.3 Å². The summed E-state index contributed by atoms with van der Waals surface area (Å²) in [6.07, 6.45) is 2.04. The first kappa shape index (κ1) is 10.6. The summed E-state index contributed by atoms with van der Waals surface area (Å²) in [6.45, 7) is 3.46. The van der Waals surface area contributed by atoms with E-state index in [0.29, 0.717) is 6.54 Å². The quantitative estimate of drug-likeness (QED) is 0.801. The van der Waals surface area contributed by atoms with Gasteiger partial charge in [0, 0.05) is 5.38 Å². The molecule has 0 aliphatic carbocycles. The van der Waals surface area contributed by atoms with Crippen LogP contribution in [0.4, 0.5) is 0 Å². The predicted molar refractivity (Wildman–Crippen MR) is 59.7 cm³/mol. The van der Waals surface area contributed by atoms with Crippen LogP contribution in [0.25, 0.3) is 0 Å². The number of aromatic nitrogens is 1. The van der Waals surface area contributed by atoms with Crippen LogP contribution in [0.3, 0.4) is 0 Å². The van der Waals surface area contributed by atoms with Crippen LogP contribution in [0.15, 0.2) is 5.38 Å². The molecule has 0 radical (unpaired) electrons. The number of aryl methyl sites for hydroxylation is 1. The molecule has 1 saturated heterocycles. The van der Waals surface area contributed by atoms with Gasteiger partial charge in [-0.25, -0.2) is 4.98 Å². The summed E-state index contributed by atoms with van der Waals surface area (Å²) < 4.78 is 0. The molecule has 0 saturated carbocycles. The van der Waals surface area contributed by atoms with E-state index in [0.717, 1.165) is 30.1 Å². The van der Waals surface area contributed by atoms with Crippen molar-refractivity contribution in [2.45, 2.75) is 32.4 Å². The van der Waals surface area contributed by atoms with Gasteiger partial charge in [-0.05, 0) is 26.3 Å². The lowest BCUT2D eigenvalue weighted by molar-refractivity contribution is -0.122. The van der Waals surface area contributed by atoms with Crippen LogP contribution in [0.1, 0.15) is 23.5 Å². The van der Waals surface area contributed by atoms with Gasteiger partial charge in [-0.3, -0.25) is 4.79 Å². The average Bonchev–Trinajstić information content (AvgIpc) is 2.84. The molecule has 1 atom stereocenters. The highest BCUT2D eigenvalue weighted by molar-refractivity contribution is 7.09. The molecule has 1 amide bonds. The van der Waals surface area contributed by atoms with Gasteiger partial charge in [-0.2, -0.15) is 0 Å². The van der Waals surface area contributed by atoms with Gasteiger partial charge in [-0.1, -0.05) is 0 Å². The maximum atomic E-state index is 11.6. The first-order chi connectivity index (χ1) is 7.25. The van der Waals surface area contributed by atoms with Crippen LogP contribution < -0.4 is 10.6 Å². The standard InChI is InChI=1S/C10H15N3OS/c1-7-13-8(6-15-7)5-12-10(14)9-3-2-4-11-9/h6,9,11H,2-5H2,1H3,(H,12,14). The third-order valence-corrected chi connectivity index (χ3v) is 3.31. The number of nitrogens with zero attached hydrogens (tertiary/aromatic N) is 1.